The zero-order chi connectivity index (χ0) is 18.6. The molecule has 1 aliphatic rings. The predicted molar refractivity (Wildman–Crippen MR) is 105 cm³/mol. The van der Waals surface area contributed by atoms with Crippen molar-refractivity contribution < 1.29 is 9.21 Å². The lowest BCUT2D eigenvalue weighted by Crippen LogP contribution is -2.39. The summed E-state index contributed by atoms with van der Waals surface area (Å²) >= 11 is 0. The molecule has 5 heteroatoms. The third kappa shape index (κ3) is 4.30. The standard InChI is InChI=1S/C22H24N2O3/c25-21(9-7-17-6-8-20-19(15-17)23-22(26)27-20)24-12-10-18(11-13-24)14-16-4-2-1-3-5-16/h1-6,8,15,18H,7,9-14H2,(H,23,26). The first-order chi connectivity index (χ1) is 13.2. The highest BCUT2D eigenvalue weighted by atomic mass is 16.4. The number of likely N-dealkylation sites (tertiary alicyclic amines) is 1. The van der Waals surface area contributed by atoms with Gasteiger partial charge in [-0.2, -0.15) is 0 Å². The fourth-order valence-corrected chi connectivity index (χ4v) is 3.90. The van der Waals surface area contributed by atoms with Gasteiger partial charge in [0.1, 0.15) is 0 Å². The number of hydrogen-bond acceptors (Lipinski definition) is 3. The molecule has 2 heterocycles. The number of amides is 1. The second kappa shape index (κ2) is 7.82. The fourth-order valence-electron chi connectivity index (χ4n) is 3.90. The van der Waals surface area contributed by atoms with E-state index in [1.54, 1.807) is 6.07 Å². The summed E-state index contributed by atoms with van der Waals surface area (Å²) < 4.78 is 5.01. The first-order valence-electron chi connectivity index (χ1n) is 9.61. The molecule has 0 bridgehead atoms. The summed E-state index contributed by atoms with van der Waals surface area (Å²) in [6.07, 6.45) is 4.42. The Morgan fingerprint density at radius 2 is 1.85 bits per heavy atom. The summed E-state index contributed by atoms with van der Waals surface area (Å²) in [6.45, 7) is 1.70. The normalized spacial score (nSPS) is 15.3. The maximum atomic E-state index is 12.6. The Morgan fingerprint density at radius 3 is 2.63 bits per heavy atom. The molecule has 27 heavy (non-hydrogen) atoms. The number of fused-ring (bicyclic) bond motifs is 1. The Kier molecular flexibility index (Phi) is 5.10. The van der Waals surface area contributed by atoms with Gasteiger partial charge in [0.05, 0.1) is 5.52 Å². The topological polar surface area (TPSA) is 66.3 Å². The minimum atomic E-state index is -0.448. The van der Waals surface area contributed by atoms with Crippen molar-refractivity contribution >= 4 is 17.0 Å². The van der Waals surface area contributed by atoms with Crippen LogP contribution in [0.15, 0.2) is 57.7 Å². The van der Waals surface area contributed by atoms with E-state index >= 15 is 0 Å². The van der Waals surface area contributed by atoms with Crippen LogP contribution in [-0.4, -0.2) is 28.9 Å². The summed E-state index contributed by atoms with van der Waals surface area (Å²) in [4.78, 5) is 28.4. The van der Waals surface area contributed by atoms with Crippen molar-refractivity contribution in [3.63, 3.8) is 0 Å². The van der Waals surface area contributed by atoms with Gasteiger partial charge >= 0.3 is 5.76 Å². The lowest BCUT2D eigenvalue weighted by atomic mass is 9.90. The maximum Gasteiger partial charge on any atom is 0.417 e. The van der Waals surface area contributed by atoms with Crippen LogP contribution in [0.1, 0.15) is 30.4 Å². The highest BCUT2D eigenvalue weighted by Crippen LogP contribution is 2.22. The molecule has 1 saturated heterocycles. The summed E-state index contributed by atoms with van der Waals surface area (Å²) in [5.41, 5.74) is 3.66. The number of aryl methyl sites for hydroxylation is 1. The van der Waals surface area contributed by atoms with Gasteiger partial charge in [-0.25, -0.2) is 4.79 Å². The number of aromatic nitrogens is 1. The zero-order valence-corrected chi connectivity index (χ0v) is 15.3. The highest BCUT2D eigenvalue weighted by molar-refractivity contribution is 5.77. The van der Waals surface area contributed by atoms with Gasteiger partial charge in [-0.1, -0.05) is 36.4 Å². The number of carbonyl (C=O) groups excluding carboxylic acids is 1. The zero-order valence-electron chi connectivity index (χ0n) is 15.3. The van der Waals surface area contributed by atoms with Crippen molar-refractivity contribution in [2.24, 2.45) is 5.92 Å². The van der Waals surface area contributed by atoms with Crippen molar-refractivity contribution in [2.45, 2.75) is 32.1 Å². The van der Waals surface area contributed by atoms with Crippen LogP contribution in [0.5, 0.6) is 0 Å². The summed E-state index contributed by atoms with van der Waals surface area (Å²) in [5.74, 6) is 0.433. The van der Waals surface area contributed by atoms with E-state index in [9.17, 15) is 9.59 Å². The summed E-state index contributed by atoms with van der Waals surface area (Å²) in [5, 5.41) is 0. The van der Waals surface area contributed by atoms with E-state index in [4.69, 9.17) is 4.42 Å². The van der Waals surface area contributed by atoms with E-state index in [0.717, 1.165) is 37.9 Å². The van der Waals surface area contributed by atoms with Gasteiger partial charge in [-0.15, -0.1) is 0 Å². The van der Waals surface area contributed by atoms with Gasteiger partial charge in [0.25, 0.3) is 0 Å². The van der Waals surface area contributed by atoms with E-state index in [1.165, 1.54) is 5.56 Å². The number of H-pyrrole nitrogens is 1. The predicted octanol–water partition coefficient (Wildman–Crippen LogP) is 3.54. The molecule has 1 amide bonds. The van der Waals surface area contributed by atoms with Crippen LogP contribution in [0.2, 0.25) is 0 Å². The van der Waals surface area contributed by atoms with Crippen LogP contribution in [-0.2, 0) is 17.6 Å². The van der Waals surface area contributed by atoms with Crippen molar-refractivity contribution in [1.82, 2.24) is 9.88 Å². The number of nitrogens with zero attached hydrogens (tertiary/aromatic N) is 1. The number of oxazole rings is 1. The van der Waals surface area contributed by atoms with E-state index in [2.05, 4.69) is 29.2 Å². The molecule has 0 unspecified atom stereocenters. The van der Waals surface area contributed by atoms with Gasteiger partial charge in [0.15, 0.2) is 5.58 Å². The summed E-state index contributed by atoms with van der Waals surface area (Å²) in [7, 11) is 0. The lowest BCUT2D eigenvalue weighted by Gasteiger charge is -2.32. The van der Waals surface area contributed by atoms with E-state index < -0.39 is 5.76 Å². The largest absolute Gasteiger partial charge is 0.417 e. The highest BCUT2D eigenvalue weighted by Gasteiger charge is 2.22. The molecular weight excluding hydrogens is 340 g/mol. The van der Waals surface area contributed by atoms with E-state index in [0.29, 0.717) is 29.9 Å². The van der Waals surface area contributed by atoms with Crippen molar-refractivity contribution in [3.8, 4) is 0 Å². The number of hydrogen-bond donors (Lipinski definition) is 1. The second-order valence-electron chi connectivity index (χ2n) is 7.36. The molecule has 1 N–H and O–H groups in total. The number of aromatic amines is 1. The van der Waals surface area contributed by atoms with Crippen LogP contribution in [0.4, 0.5) is 0 Å². The summed E-state index contributed by atoms with van der Waals surface area (Å²) in [6, 6.07) is 16.2. The van der Waals surface area contributed by atoms with E-state index in [1.807, 2.05) is 23.1 Å². The van der Waals surface area contributed by atoms with Crippen LogP contribution >= 0.6 is 0 Å². The second-order valence-corrected chi connectivity index (χ2v) is 7.36. The molecule has 2 aromatic carbocycles. The number of carbonyl (C=O) groups is 1. The molecule has 4 rings (SSSR count). The molecule has 1 fully saturated rings. The average Bonchev–Trinajstić information content (AvgIpc) is 3.07. The first kappa shape index (κ1) is 17.6. The van der Waals surface area contributed by atoms with Crippen LogP contribution in [0, 0.1) is 5.92 Å². The van der Waals surface area contributed by atoms with Gasteiger partial charge in [-0.3, -0.25) is 9.78 Å². The van der Waals surface area contributed by atoms with E-state index in [-0.39, 0.29) is 5.91 Å². The molecule has 5 nitrogen and oxygen atoms in total. The Labute approximate surface area is 158 Å². The van der Waals surface area contributed by atoms with Crippen LogP contribution < -0.4 is 5.76 Å². The monoisotopic (exact) mass is 364 g/mol. The van der Waals surface area contributed by atoms with Gasteiger partial charge in [-0.05, 0) is 54.9 Å². The minimum absolute atomic E-state index is 0.217. The number of rotatable bonds is 5. The van der Waals surface area contributed by atoms with Gasteiger partial charge in [0.2, 0.25) is 5.91 Å². The number of benzene rings is 2. The van der Waals surface area contributed by atoms with Gasteiger partial charge in [0, 0.05) is 19.5 Å². The van der Waals surface area contributed by atoms with Crippen molar-refractivity contribution in [2.75, 3.05) is 13.1 Å². The number of nitrogens with one attached hydrogen (secondary N) is 1. The third-order valence-electron chi connectivity index (χ3n) is 5.45. The smallest absolute Gasteiger partial charge is 0.408 e. The molecule has 0 radical (unpaired) electrons. The third-order valence-corrected chi connectivity index (χ3v) is 5.45. The molecule has 140 valence electrons. The van der Waals surface area contributed by atoms with Crippen LogP contribution in [0.3, 0.4) is 0 Å². The van der Waals surface area contributed by atoms with Gasteiger partial charge < -0.3 is 9.32 Å². The average molecular weight is 364 g/mol. The fraction of sp³-hybridized carbons (Fsp3) is 0.364. The quantitative estimate of drug-likeness (QED) is 0.753. The molecule has 1 aliphatic heterocycles. The molecular formula is C22H24N2O3. The molecule has 0 atom stereocenters. The molecule has 3 aromatic rings. The Morgan fingerprint density at radius 1 is 1.07 bits per heavy atom. The SMILES string of the molecule is O=C(CCc1ccc2oc(=O)[nH]c2c1)N1CCC(Cc2ccccc2)CC1. The molecule has 0 saturated carbocycles. The minimum Gasteiger partial charge on any atom is -0.408 e. The maximum absolute atomic E-state index is 12.6. The van der Waals surface area contributed by atoms with Crippen molar-refractivity contribution in [3.05, 3.63) is 70.2 Å². The molecule has 0 aliphatic carbocycles. The first-order valence-corrected chi connectivity index (χ1v) is 9.61. The van der Waals surface area contributed by atoms with Crippen molar-refractivity contribution in [1.29, 1.82) is 0 Å². The Balaban J connectivity index is 1.27. The lowest BCUT2D eigenvalue weighted by molar-refractivity contribution is -0.132. The molecule has 1 aromatic heterocycles. The number of piperidine rings is 1. The molecule has 0 spiro atoms. The van der Waals surface area contributed by atoms with Crippen LogP contribution in [0.25, 0.3) is 11.1 Å². The Hall–Kier alpha value is -2.82. The Bertz CT molecular complexity index is 966.